The first-order valence-corrected chi connectivity index (χ1v) is 13.6. The van der Waals surface area contributed by atoms with Gasteiger partial charge in [-0.3, -0.25) is 4.79 Å². The normalized spacial score (nSPS) is 51.9. The molecule has 3 fully saturated rings. The smallest absolute Gasteiger partial charge is 0.159 e. The first-order valence-electron chi connectivity index (χ1n) is 13.6. The third-order valence-corrected chi connectivity index (χ3v) is 12.8. The Morgan fingerprint density at radius 2 is 1.47 bits per heavy atom. The van der Waals surface area contributed by atoms with Crippen molar-refractivity contribution in [3.8, 4) is 0 Å². The summed E-state index contributed by atoms with van der Waals surface area (Å²) < 4.78 is 0. The molecule has 0 aromatic rings. The van der Waals surface area contributed by atoms with Gasteiger partial charge in [0, 0.05) is 17.4 Å². The van der Waals surface area contributed by atoms with Crippen molar-refractivity contribution < 1.29 is 9.90 Å². The molecule has 32 heavy (non-hydrogen) atoms. The molecule has 0 radical (unpaired) electrons. The number of rotatable bonds is 0. The lowest BCUT2D eigenvalue weighted by Crippen LogP contribution is -2.62. The summed E-state index contributed by atoms with van der Waals surface area (Å²) in [6.07, 6.45) is 11.0. The van der Waals surface area contributed by atoms with E-state index in [2.05, 4.69) is 55.4 Å². The Balaban J connectivity index is 1.64. The lowest BCUT2D eigenvalue weighted by atomic mass is 9.35. The van der Waals surface area contributed by atoms with Gasteiger partial charge in [-0.25, -0.2) is 0 Å². The van der Waals surface area contributed by atoms with E-state index in [1.54, 1.807) is 0 Å². The van der Waals surface area contributed by atoms with Gasteiger partial charge in [-0.15, -0.1) is 0 Å². The van der Waals surface area contributed by atoms with Gasteiger partial charge in [0.2, 0.25) is 0 Å². The minimum absolute atomic E-state index is 0.00342. The van der Waals surface area contributed by atoms with Crippen molar-refractivity contribution in [2.24, 2.45) is 44.3 Å². The van der Waals surface area contributed by atoms with Crippen LogP contribution in [-0.4, -0.2) is 17.0 Å². The summed E-state index contributed by atoms with van der Waals surface area (Å²) in [7, 11) is 0. The number of carbonyl (C=O) groups excluding carboxylic acids is 1. The van der Waals surface area contributed by atoms with Gasteiger partial charge in [0.25, 0.3) is 0 Å². The molecule has 5 aliphatic carbocycles. The SMILES string of the molecule is CC1(C)CC[C@]2(C)CC[C@]3(C)C4=C(CC[C@@]3(C)[C@@H]2C1)[C@@]1(C)CC[C@H](O)C(C)(C)[C@@H]1CC4=O. The van der Waals surface area contributed by atoms with Crippen molar-refractivity contribution >= 4 is 5.78 Å². The maximum atomic E-state index is 14.1. The number of allylic oxidation sites excluding steroid dienone is 2. The van der Waals surface area contributed by atoms with Crippen LogP contribution in [0.5, 0.6) is 0 Å². The summed E-state index contributed by atoms with van der Waals surface area (Å²) >= 11 is 0. The minimum atomic E-state index is -0.292. The van der Waals surface area contributed by atoms with Crippen LogP contribution in [-0.2, 0) is 4.79 Å². The molecule has 0 aliphatic heterocycles. The fraction of sp³-hybridized carbons (Fsp3) is 0.900. The van der Waals surface area contributed by atoms with Crippen molar-refractivity contribution in [1.29, 1.82) is 0 Å². The highest BCUT2D eigenvalue weighted by Crippen LogP contribution is 2.74. The van der Waals surface area contributed by atoms with Crippen LogP contribution in [0.3, 0.4) is 0 Å². The zero-order valence-electron chi connectivity index (χ0n) is 22.2. The molecule has 7 atom stereocenters. The highest BCUT2D eigenvalue weighted by Gasteiger charge is 2.67. The summed E-state index contributed by atoms with van der Waals surface area (Å²) in [5.41, 5.74) is 3.72. The van der Waals surface area contributed by atoms with E-state index in [9.17, 15) is 9.90 Å². The highest BCUT2D eigenvalue weighted by molar-refractivity contribution is 5.99. The van der Waals surface area contributed by atoms with Crippen LogP contribution in [0.25, 0.3) is 0 Å². The molecule has 0 aromatic heterocycles. The summed E-state index contributed by atoms with van der Waals surface area (Å²) in [5, 5.41) is 10.8. The van der Waals surface area contributed by atoms with Crippen molar-refractivity contribution in [3.05, 3.63) is 11.1 Å². The Morgan fingerprint density at radius 1 is 0.812 bits per heavy atom. The van der Waals surface area contributed by atoms with Crippen LogP contribution in [0.2, 0.25) is 0 Å². The standard InChI is InChI=1S/C30H48O2/c1-25(2)13-14-27(5)15-16-30(8)24-19(9-12-29(30,7)22(27)18-25)28(6)11-10-23(32)26(3,4)21(28)17-20(24)31/h21-23,32H,9-18H2,1-8H3/t21-,22+,23-,27+,28+,29-,30+/m0/s1. The van der Waals surface area contributed by atoms with Gasteiger partial charge in [-0.1, -0.05) is 61.0 Å². The number of fused-ring (bicyclic) bond motifs is 6. The second kappa shape index (κ2) is 6.52. The van der Waals surface area contributed by atoms with Gasteiger partial charge < -0.3 is 5.11 Å². The zero-order chi connectivity index (χ0) is 23.5. The molecule has 0 saturated heterocycles. The van der Waals surface area contributed by atoms with E-state index in [0.29, 0.717) is 29.0 Å². The Kier molecular flexibility index (Phi) is 4.71. The molecule has 0 bridgehead atoms. The lowest BCUT2D eigenvalue weighted by Gasteiger charge is -2.69. The molecule has 2 nitrogen and oxygen atoms in total. The fourth-order valence-electron chi connectivity index (χ4n) is 10.1. The van der Waals surface area contributed by atoms with E-state index in [4.69, 9.17) is 0 Å². The van der Waals surface area contributed by atoms with Gasteiger partial charge >= 0.3 is 0 Å². The van der Waals surface area contributed by atoms with Crippen molar-refractivity contribution in [2.75, 3.05) is 0 Å². The zero-order valence-corrected chi connectivity index (χ0v) is 22.2. The first kappa shape index (κ1) is 23.1. The predicted octanol–water partition coefficient (Wildman–Crippen LogP) is 7.49. The molecule has 0 unspecified atom stereocenters. The topological polar surface area (TPSA) is 37.3 Å². The fourth-order valence-corrected chi connectivity index (χ4v) is 10.1. The molecule has 0 aromatic carbocycles. The molecular weight excluding hydrogens is 392 g/mol. The van der Waals surface area contributed by atoms with Crippen LogP contribution >= 0.6 is 0 Å². The molecule has 0 spiro atoms. The van der Waals surface area contributed by atoms with Crippen molar-refractivity contribution in [3.63, 3.8) is 0 Å². The van der Waals surface area contributed by atoms with E-state index in [-0.39, 0.29) is 33.7 Å². The Labute approximate surface area is 197 Å². The predicted molar refractivity (Wildman–Crippen MR) is 131 cm³/mol. The largest absolute Gasteiger partial charge is 0.393 e. The summed E-state index contributed by atoms with van der Waals surface area (Å²) in [6.45, 7) is 19.5. The number of aliphatic hydroxyl groups excluding tert-OH is 1. The van der Waals surface area contributed by atoms with Gasteiger partial charge in [-0.2, -0.15) is 0 Å². The number of Topliss-reactive ketones (excluding diaryl/α,β-unsaturated/α-hetero) is 1. The third-order valence-electron chi connectivity index (χ3n) is 12.8. The molecule has 0 heterocycles. The van der Waals surface area contributed by atoms with E-state index < -0.39 is 0 Å². The molecule has 5 rings (SSSR count). The minimum Gasteiger partial charge on any atom is -0.393 e. The van der Waals surface area contributed by atoms with E-state index >= 15 is 0 Å². The Hall–Kier alpha value is -0.630. The third kappa shape index (κ3) is 2.71. The monoisotopic (exact) mass is 440 g/mol. The highest BCUT2D eigenvalue weighted by atomic mass is 16.3. The van der Waals surface area contributed by atoms with Crippen LogP contribution < -0.4 is 0 Å². The molecule has 180 valence electrons. The average Bonchev–Trinajstić information content (AvgIpc) is 2.70. The van der Waals surface area contributed by atoms with Crippen LogP contribution in [0.4, 0.5) is 0 Å². The quantitative estimate of drug-likeness (QED) is 0.423. The van der Waals surface area contributed by atoms with E-state index in [1.165, 1.54) is 49.7 Å². The summed E-state index contributed by atoms with van der Waals surface area (Å²) in [5.74, 6) is 1.40. The molecule has 2 heteroatoms. The van der Waals surface area contributed by atoms with Gasteiger partial charge in [0.05, 0.1) is 6.10 Å². The number of ketones is 1. The number of hydrogen-bond acceptors (Lipinski definition) is 2. The number of hydrogen-bond donors (Lipinski definition) is 1. The van der Waals surface area contributed by atoms with Crippen LogP contribution in [0.15, 0.2) is 11.1 Å². The maximum absolute atomic E-state index is 14.1. The number of carbonyl (C=O) groups is 1. The lowest BCUT2D eigenvalue weighted by molar-refractivity contribution is -0.160. The van der Waals surface area contributed by atoms with E-state index in [1.807, 2.05) is 0 Å². The van der Waals surface area contributed by atoms with Gasteiger partial charge in [-0.05, 0) is 96.7 Å². The van der Waals surface area contributed by atoms with Crippen molar-refractivity contribution in [2.45, 2.75) is 126 Å². The first-order chi connectivity index (χ1) is 14.6. The van der Waals surface area contributed by atoms with E-state index in [0.717, 1.165) is 19.3 Å². The van der Waals surface area contributed by atoms with Gasteiger partial charge in [0.15, 0.2) is 5.78 Å². The second-order valence-electron chi connectivity index (χ2n) is 15.2. The summed E-state index contributed by atoms with van der Waals surface area (Å²) in [6, 6.07) is 0. The Bertz CT molecular complexity index is 879. The van der Waals surface area contributed by atoms with Crippen LogP contribution in [0, 0.1) is 44.3 Å². The molecule has 0 amide bonds. The second-order valence-corrected chi connectivity index (χ2v) is 15.2. The van der Waals surface area contributed by atoms with Gasteiger partial charge in [0.1, 0.15) is 0 Å². The average molecular weight is 441 g/mol. The summed E-state index contributed by atoms with van der Waals surface area (Å²) in [4.78, 5) is 14.1. The van der Waals surface area contributed by atoms with Crippen molar-refractivity contribution in [1.82, 2.24) is 0 Å². The number of aliphatic hydroxyl groups is 1. The Morgan fingerprint density at radius 3 is 2.16 bits per heavy atom. The molecular formula is C30H48O2. The molecule has 3 saturated carbocycles. The maximum Gasteiger partial charge on any atom is 0.159 e. The molecule has 1 N–H and O–H groups in total. The van der Waals surface area contributed by atoms with Crippen LogP contribution in [0.1, 0.15) is 120 Å². The molecule has 5 aliphatic rings.